The van der Waals surface area contributed by atoms with Gasteiger partial charge < -0.3 is 11.1 Å². The maximum Gasteiger partial charge on any atom is 0.231 e. The minimum absolute atomic E-state index is 0.161. The quantitative estimate of drug-likeness (QED) is 0.714. The number of hydrogen-bond donors (Lipinski definition) is 2. The number of aromatic nitrogens is 3. The molecule has 23 heavy (non-hydrogen) atoms. The average molecular weight is 326 g/mol. The summed E-state index contributed by atoms with van der Waals surface area (Å²) in [5.74, 6) is 1.01. The van der Waals surface area contributed by atoms with E-state index < -0.39 is 0 Å². The molecule has 6 heteroatoms. The Morgan fingerprint density at radius 1 is 1.04 bits per heavy atom. The predicted octanol–water partition coefficient (Wildman–Crippen LogP) is 3.75. The number of rotatable bonds is 4. The minimum atomic E-state index is 0.161. The highest BCUT2D eigenvalue weighted by atomic mass is 35.5. The summed E-state index contributed by atoms with van der Waals surface area (Å²) in [4.78, 5) is 12.7. The van der Waals surface area contributed by atoms with E-state index in [4.69, 9.17) is 17.3 Å². The van der Waals surface area contributed by atoms with Crippen LogP contribution in [0.25, 0.3) is 0 Å². The number of aryl methyl sites for hydroxylation is 1. The molecule has 0 fully saturated rings. The van der Waals surface area contributed by atoms with Gasteiger partial charge in [0.05, 0.1) is 0 Å². The Kier molecular flexibility index (Phi) is 4.39. The first kappa shape index (κ1) is 15.2. The average Bonchev–Trinajstić information content (AvgIpc) is 2.51. The molecule has 0 radical (unpaired) electrons. The van der Waals surface area contributed by atoms with Crippen molar-refractivity contribution in [1.29, 1.82) is 0 Å². The van der Waals surface area contributed by atoms with Gasteiger partial charge in [-0.1, -0.05) is 36.4 Å². The molecule has 0 aliphatic rings. The van der Waals surface area contributed by atoms with Crippen molar-refractivity contribution >= 4 is 28.9 Å². The first-order valence-corrected chi connectivity index (χ1v) is 7.55. The predicted molar refractivity (Wildman–Crippen MR) is 93.0 cm³/mol. The molecule has 0 spiro atoms. The highest BCUT2D eigenvalue weighted by Gasteiger charge is 2.07. The molecule has 5 nitrogen and oxygen atoms in total. The van der Waals surface area contributed by atoms with Gasteiger partial charge in [-0.05, 0) is 41.8 Å². The Labute approximate surface area is 139 Å². The molecule has 1 heterocycles. The van der Waals surface area contributed by atoms with Crippen LogP contribution in [0.3, 0.4) is 0 Å². The Bertz CT molecular complexity index is 820. The molecule has 116 valence electrons. The third-order valence-electron chi connectivity index (χ3n) is 3.39. The smallest absolute Gasteiger partial charge is 0.231 e. The van der Waals surface area contributed by atoms with E-state index in [0.717, 1.165) is 16.8 Å². The van der Waals surface area contributed by atoms with Crippen molar-refractivity contribution in [2.24, 2.45) is 0 Å². The molecule has 0 aliphatic heterocycles. The Balaban J connectivity index is 1.83. The van der Waals surface area contributed by atoms with Crippen molar-refractivity contribution in [2.45, 2.75) is 13.3 Å². The van der Waals surface area contributed by atoms with Crippen molar-refractivity contribution in [2.75, 3.05) is 11.1 Å². The van der Waals surface area contributed by atoms with Gasteiger partial charge in [0.2, 0.25) is 11.2 Å². The van der Waals surface area contributed by atoms with Crippen LogP contribution in [0.5, 0.6) is 0 Å². The fourth-order valence-electron chi connectivity index (χ4n) is 2.15. The summed E-state index contributed by atoms with van der Waals surface area (Å²) in [6.07, 6.45) is 0.591. The van der Waals surface area contributed by atoms with E-state index in [1.54, 1.807) is 0 Å². The Morgan fingerprint density at radius 3 is 2.57 bits per heavy atom. The van der Waals surface area contributed by atoms with Gasteiger partial charge >= 0.3 is 0 Å². The van der Waals surface area contributed by atoms with E-state index in [1.165, 1.54) is 0 Å². The summed E-state index contributed by atoms with van der Waals surface area (Å²) in [6, 6.07) is 15.7. The van der Waals surface area contributed by atoms with Gasteiger partial charge in [0, 0.05) is 17.8 Å². The lowest BCUT2D eigenvalue weighted by atomic mass is 10.1. The second-order valence-electron chi connectivity index (χ2n) is 5.20. The van der Waals surface area contributed by atoms with Crippen LogP contribution in [0.15, 0.2) is 48.5 Å². The largest absolute Gasteiger partial charge is 0.398 e. The molecule has 0 amide bonds. The zero-order valence-electron chi connectivity index (χ0n) is 12.6. The first-order valence-electron chi connectivity index (χ1n) is 7.18. The molecule has 2 aromatic carbocycles. The first-order chi connectivity index (χ1) is 11.1. The van der Waals surface area contributed by atoms with Crippen LogP contribution in [0.1, 0.15) is 17.0 Å². The third-order valence-corrected chi connectivity index (χ3v) is 3.56. The second-order valence-corrected chi connectivity index (χ2v) is 5.54. The molecule has 3 rings (SSSR count). The van der Waals surface area contributed by atoms with Crippen molar-refractivity contribution in [3.8, 4) is 0 Å². The maximum absolute atomic E-state index is 6.01. The van der Waals surface area contributed by atoms with Gasteiger partial charge in [0.1, 0.15) is 5.82 Å². The van der Waals surface area contributed by atoms with Gasteiger partial charge in [-0.15, -0.1) is 0 Å². The summed E-state index contributed by atoms with van der Waals surface area (Å²) in [7, 11) is 0. The number of nitrogens with zero attached hydrogens (tertiary/aromatic N) is 3. The SMILES string of the molecule is Cc1ccc(Nc2nc(Cl)nc(Cc3ccccc3)n2)cc1N. The van der Waals surface area contributed by atoms with Crippen LogP contribution in [0.2, 0.25) is 5.28 Å². The molecule has 3 N–H and O–H groups in total. The lowest BCUT2D eigenvalue weighted by molar-refractivity contribution is 0.926. The van der Waals surface area contributed by atoms with Crippen LogP contribution in [-0.2, 0) is 6.42 Å². The normalized spacial score (nSPS) is 10.5. The van der Waals surface area contributed by atoms with E-state index in [0.29, 0.717) is 23.9 Å². The number of nitrogen functional groups attached to an aromatic ring is 1. The lowest BCUT2D eigenvalue weighted by Gasteiger charge is -2.08. The number of nitrogens with one attached hydrogen (secondary N) is 1. The molecule has 0 saturated carbocycles. The molecule has 3 aromatic rings. The van der Waals surface area contributed by atoms with Crippen LogP contribution in [0.4, 0.5) is 17.3 Å². The van der Waals surface area contributed by atoms with E-state index >= 15 is 0 Å². The molecule has 0 saturated heterocycles. The molecule has 0 atom stereocenters. The number of benzene rings is 2. The topological polar surface area (TPSA) is 76.7 Å². The number of anilines is 3. The fourth-order valence-corrected chi connectivity index (χ4v) is 2.33. The van der Waals surface area contributed by atoms with Gasteiger partial charge in [-0.3, -0.25) is 0 Å². The maximum atomic E-state index is 6.01. The molecule has 0 bridgehead atoms. The van der Waals surface area contributed by atoms with Gasteiger partial charge in [-0.2, -0.15) is 9.97 Å². The van der Waals surface area contributed by atoms with E-state index in [9.17, 15) is 0 Å². The van der Waals surface area contributed by atoms with Crippen molar-refractivity contribution < 1.29 is 0 Å². The highest BCUT2D eigenvalue weighted by molar-refractivity contribution is 6.28. The van der Waals surface area contributed by atoms with E-state index in [2.05, 4.69) is 20.3 Å². The summed E-state index contributed by atoms with van der Waals surface area (Å²) >= 11 is 6.01. The molecular formula is C17H16ClN5. The minimum Gasteiger partial charge on any atom is -0.398 e. The standard InChI is InChI=1S/C17H16ClN5/c1-11-7-8-13(10-14(11)19)20-17-22-15(21-16(18)23-17)9-12-5-3-2-4-6-12/h2-8,10H,9,19H2,1H3,(H,20,21,22,23). The van der Waals surface area contributed by atoms with Crippen LogP contribution in [-0.4, -0.2) is 15.0 Å². The van der Waals surface area contributed by atoms with Gasteiger partial charge in [0.15, 0.2) is 0 Å². The molecule has 0 aliphatic carbocycles. The molecule has 1 aromatic heterocycles. The molecule has 0 unspecified atom stereocenters. The summed E-state index contributed by atoms with van der Waals surface area (Å²) < 4.78 is 0. The van der Waals surface area contributed by atoms with Gasteiger partial charge in [0.25, 0.3) is 0 Å². The monoisotopic (exact) mass is 325 g/mol. The van der Waals surface area contributed by atoms with Crippen LogP contribution < -0.4 is 11.1 Å². The zero-order chi connectivity index (χ0) is 16.2. The van der Waals surface area contributed by atoms with E-state index in [1.807, 2.05) is 55.5 Å². The van der Waals surface area contributed by atoms with Crippen LogP contribution >= 0.6 is 11.6 Å². The van der Waals surface area contributed by atoms with Gasteiger partial charge in [-0.25, -0.2) is 4.98 Å². The zero-order valence-corrected chi connectivity index (χ0v) is 13.4. The molecular weight excluding hydrogens is 310 g/mol. The van der Waals surface area contributed by atoms with Crippen LogP contribution in [0, 0.1) is 6.92 Å². The Morgan fingerprint density at radius 2 is 1.83 bits per heavy atom. The van der Waals surface area contributed by atoms with Crippen molar-refractivity contribution in [3.05, 3.63) is 70.8 Å². The fraction of sp³-hybridized carbons (Fsp3) is 0.118. The highest BCUT2D eigenvalue weighted by Crippen LogP contribution is 2.20. The Hall–Kier alpha value is -2.66. The lowest BCUT2D eigenvalue weighted by Crippen LogP contribution is -2.05. The van der Waals surface area contributed by atoms with E-state index in [-0.39, 0.29) is 5.28 Å². The number of hydrogen-bond acceptors (Lipinski definition) is 5. The second kappa shape index (κ2) is 6.62. The third kappa shape index (κ3) is 3.96. The van der Waals surface area contributed by atoms with Crippen molar-refractivity contribution in [1.82, 2.24) is 15.0 Å². The number of nitrogens with two attached hydrogens (primary N) is 1. The summed E-state index contributed by atoms with van der Waals surface area (Å²) in [5.41, 5.74) is 9.57. The summed E-state index contributed by atoms with van der Waals surface area (Å²) in [5, 5.41) is 3.27. The number of halogens is 1. The summed E-state index contributed by atoms with van der Waals surface area (Å²) in [6.45, 7) is 1.96. The van der Waals surface area contributed by atoms with Crippen molar-refractivity contribution in [3.63, 3.8) is 0 Å².